The maximum atomic E-state index is 12.9. The fourth-order valence-electron chi connectivity index (χ4n) is 3.53. The van der Waals surface area contributed by atoms with Gasteiger partial charge < -0.3 is 15.0 Å². The summed E-state index contributed by atoms with van der Waals surface area (Å²) in [6.07, 6.45) is 0. The number of thioether (sulfide) groups is 2. The molecule has 2 N–H and O–H groups in total. The summed E-state index contributed by atoms with van der Waals surface area (Å²) in [5.74, 6) is 0.373. The number of anilines is 1. The topological polar surface area (TPSA) is 132 Å². The minimum absolute atomic E-state index is 0.0587. The maximum Gasteiger partial charge on any atom is 0.341 e. The van der Waals surface area contributed by atoms with Crippen molar-refractivity contribution in [2.24, 2.45) is 0 Å². The normalized spacial score (nSPS) is 10.9. The molecule has 0 atom stereocenters. The number of carbonyl (C=O) groups excluding carboxylic acids is 2. The van der Waals surface area contributed by atoms with E-state index in [-0.39, 0.29) is 23.8 Å². The summed E-state index contributed by atoms with van der Waals surface area (Å²) in [6, 6.07) is 11.0. The molecule has 3 heterocycles. The molecular formula is C25H26N6O4S3. The van der Waals surface area contributed by atoms with Crippen LogP contribution in [0.4, 0.5) is 5.00 Å². The molecular weight excluding hydrogens is 545 g/mol. The summed E-state index contributed by atoms with van der Waals surface area (Å²) in [5, 5.41) is 13.0. The number of hydrogen-bond donors (Lipinski definition) is 2. The number of thiophene rings is 1. The predicted molar refractivity (Wildman–Crippen MR) is 150 cm³/mol. The molecule has 0 saturated carbocycles. The zero-order valence-corrected chi connectivity index (χ0v) is 23.7. The SMILES string of the molecule is CCOC(=O)c1c(NC(=O)CSc2nnc(CSc3nc(C)cc(=O)[nH]3)n2-c2ccccc2)sc(C)c1C. The first kappa shape index (κ1) is 27.6. The lowest BCUT2D eigenvalue weighted by Crippen LogP contribution is -2.17. The van der Waals surface area contributed by atoms with E-state index in [0.29, 0.717) is 38.1 Å². The van der Waals surface area contributed by atoms with Crippen LogP contribution in [0.1, 0.15) is 39.2 Å². The van der Waals surface area contributed by atoms with Crippen LogP contribution >= 0.6 is 34.9 Å². The molecule has 38 heavy (non-hydrogen) atoms. The molecule has 0 fully saturated rings. The van der Waals surface area contributed by atoms with Gasteiger partial charge in [-0.05, 0) is 45.4 Å². The van der Waals surface area contributed by atoms with Gasteiger partial charge in [0.15, 0.2) is 10.3 Å². The number of nitrogens with zero attached hydrogens (tertiary/aromatic N) is 4. The standard InChI is InChI=1S/C25H26N6O4S3/c1-5-35-23(34)21-15(3)16(4)38-22(21)27-20(33)13-37-25-30-29-18(31(25)17-9-7-6-8-10-17)12-36-24-26-14(2)11-19(32)28-24/h6-11H,5,12-13H2,1-4H3,(H,27,33)(H,26,28,32). The van der Waals surface area contributed by atoms with Crippen LogP contribution in [0.3, 0.4) is 0 Å². The molecule has 3 aromatic heterocycles. The molecule has 0 aliphatic heterocycles. The average molecular weight is 571 g/mol. The Hall–Kier alpha value is -3.42. The van der Waals surface area contributed by atoms with Crippen molar-refractivity contribution in [1.82, 2.24) is 24.7 Å². The van der Waals surface area contributed by atoms with Crippen molar-refractivity contribution < 1.29 is 14.3 Å². The zero-order valence-electron chi connectivity index (χ0n) is 21.2. The molecule has 0 spiro atoms. The number of amides is 1. The maximum absolute atomic E-state index is 12.9. The van der Waals surface area contributed by atoms with Crippen LogP contribution in [0.25, 0.3) is 5.69 Å². The van der Waals surface area contributed by atoms with Gasteiger partial charge in [-0.1, -0.05) is 41.7 Å². The molecule has 13 heteroatoms. The summed E-state index contributed by atoms with van der Waals surface area (Å²) in [5.41, 5.74) is 2.45. The molecule has 198 valence electrons. The number of benzene rings is 1. The lowest BCUT2D eigenvalue weighted by Gasteiger charge is -2.10. The Labute approximate surface area is 231 Å². The van der Waals surface area contributed by atoms with E-state index in [1.807, 2.05) is 48.7 Å². The number of aromatic nitrogens is 5. The zero-order chi connectivity index (χ0) is 27.2. The Kier molecular flexibility index (Phi) is 9.02. The number of aromatic amines is 1. The highest BCUT2D eigenvalue weighted by molar-refractivity contribution is 7.99. The number of esters is 1. The number of hydrogen-bond acceptors (Lipinski definition) is 10. The van der Waals surface area contributed by atoms with E-state index in [9.17, 15) is 14.4 Å². The molecule has 0 aliphatic rings. The second-order valence-corrected chi connectivity index (χ2v) is 11.2. The van der Waals surface area contributed by atoms with Crippen LogP contribution in [0.5, 0.6) is 0 Å². The van der Waals surface area contributed by atoms with E-state index in [1.165, 1.54) is 40.9 Å². The van der Waals surface area contributed by atoms with Crippen molar-refractivity contribution >= 4 is 51.7 Å². The Morgan fingerprint density at radius 1 is 1.13 bits per heavy atom. The summed E-state index contributed by atoms with van der Waals surface area (Å²) in [6.45, 7) is 7.50. The Balaban J connectivity index is 1.51. The lowest BCUT2D eigenvalue weighted by atomic mass is 10.1. The van der Waals surface area contributed by atoms with Crippen LogP contribution in [-0.2, 0) is 15.3 Å². The molecule has 1 amide bonds. The summed E-state index contributed by atoms with van der Waals surface area (Å²) >= 11 is 3.92. The number of H-pyrrole nitrogens is 1. The van der Waals surface area contributed by atoms with Gasteiger partial charge in [-0.3, -0.25) is 14.2 Å². The summed E-state index contributed by atoms with van der Waals surface area (Å²) in [4.78, 5) is 45.1. The Bertz CT molecular complexity index is 1510. The van der Waals surface area contributed by atoms with Crippen molar-refractivity contribution in [2.45, 2.75) is 43.8 Å². The molecule has 0 bridgehead atoms. The van der Waals surface area contributed by atoms with Crippen LogP contribution in [0, 0.1) is 20.8 Å². The third-order valence-electron chi connectivity index (χ3n) is 5.35. The van der Waals surface area contributed by atoms with Crippen molar-refractivity contribution in [3.05, 3.63) is 74.3 Å². The first-order valence-corrected chi connectivity index (χ1v) is 14.5. The lowest BCUT2D eigenvalue weighted by molar-refractivity contribution is -0.113. The highest BCUT2D eigenvalue weighted by Gasteiger charge is 2.23. The van der Waals surface area contributed by atoms with Crippen molar-refractivity contribution in [3.63, 3.8) is 0 Å². The van der Waals surface area contributed by atoms with Gasteiger partial charge in [0.05, 0.1) is 23.7 Å². The number of ether oxygens (including phenoxy) is 1. The van der Waals surface area contributed by atoms with Gasteiger partial charge in [0, 0.05) is 22.3 Å². The highest BCUT2D eigenvalue weighted by Crippen LogP contribution is 2.33. The van der Waals surface area contributed by atoms with Crippen molar-refractivity contribution in [1.29, 1.82) is 0 Å². The minimum atomic E-state index is -0.451. The van der Waals surface area contributed by atoms with Crippen LogP contribution in [0.2, 0.25) is 0 Å². The van der Waals surface area contributed by atoms with Crippen LogP contribution in [-0.4, -0.2) is 49.0 Å². The Morgan fingerprint density at radius 2 is 1.89 bits per heavy atom. The molecule has 4 rings (SSSR count). The van der Waals surface area contributed by atoms with E-state index in [4.69, 9.17) is 4.74 Å². The molecule has 0 saturated heterocycles. The van der Waals surface area contributed by atoms with Gasteiger partial charge in [0.2, 0.25) is 5.91 Å². The Morgan fingerprint density at radius 3 is 2.61 bits per heavy atom. The molecule has 1 aromatic carbocycles. The van der Waals surface area contributed by atoms with E-state index < -0.39 is 5.97 Å². The smallest absolute Gasteiger partial charge is 0.341 e. The van der Waals surface area contributed by atoms with Gasteiger partial charge >= 0.3 is 5.97 Å². The predicted octanol–water partition coefficient (Wildman–Crippen LogP) is 4.54. The van der Waals surface area contributed by atoms with E-state index in [2.05, 4.69) is 25.5 Å². The third-order valence-corrected chi connectivity index (χ3v) is 8.27. The number of carbonyl (C=O) groups is 2. The van der Waals surface area contributed by atoms with Gasteiger partial charge in [-0.15, -0.1) is 21.5 Å². The second-order valence-electron chi connectivity index (χ2n) is 8.10. The van der Waals surface area contributed by atoms with Gasteiger partial charge in [-0.25, -0.2) is 9.78 Å². The van der Waals surface area contributed by atoms with Gasteiger partial charge in [0.25, 0.3) is 5.56 Å². The fraction of sp³-hybridized carbons (Fsp3) is 0.280. The molecule has 4 aromatic rings. The number of nitrogens with one attached hydrogen (secondary N) is 2. The quantitative estimate of drug-likeness (QED) is 0.160. The molecule has 10 nitrogen and oxygen atoms in total. The number of rotatable bonds is 10. The van der Waals surface area contributed by atoms with Crippen LogP contribution < -0.4 is 10.9 Å². The first-order valence-electron chi connectivity index (χ1n) is 11.7. The summed E-state index contributed by atoms with van der Waals surface area (Å²) in [7, 11) is 0. The largest absolute Gasteiger partial charge is 0.462 e. The third kappa shape index (κ3) is 6.52. The molecule has 0 unspecified atom stereocenters. The van der Waals surface area contributed by atoms with Gasteiger partial charge in [-0.2, -0.15) is 0 Å². The van der Waals surface area contributed by atoms with Crippen molar-refractivity contribution in [2.75, 3.05) is 17.7 Å². The van der Waals surface area contributed by atoms with Gasteiger partial charge in [0.1, 0.15) is 10.8 Å². The molecule has 0 radical (unpaired) electrons. The van der Waals surface area contributed by atoms with E-state index >= 15 is 0 Å². The molecule has 0 aliphatic carbocycles. The van der Waals surface area contributed by atoms with E-state index in [0.717, 1.165) is 16.1 Å². The average Bonchev–Trinajstić information content (AvgIpc) is 3.41. The van der Waals surface area contributed by atoms with E-state index in [1.54, 1.807) is 13.8 Å². The number of para-hydroxylation sites is 1. The minimum Gasteiger partial charge on any atom is -0.462 e. The monoisotopic (exact) mass is 570 g/mol. The highest BCUT2D eigenvalue weighted by atomic mass is 32.2. The number of aryl methyl sites for hydroxylation is 2. The second kappa shape index (κ2) is 12.4. The first-order chi connectivity index (χ1) is 18.3. The summed E-state index contributed by atoms with van der Waals surface area (Å²) < 4.78 is 7.05. The fourth-order valence-corrected chi connectivity index (χ4v) is 6.20. The van der Waals surface area contributed by atoms with Crippen molar-refractivity contribution in [3.8, 4) is 5.69 Å². The van der Waals surface area contributed by atoms with Crippen LogP contribution in [0.15, 0.2) is 51.5 Å².